The Kier molecular flexibility index (Phi) is 8.97. The highest BCUT2D eigenvalue weighted by atomic mass is 35.5. The van der Waals surface area contributed by atoms with Crippen LogP contribution in [0.3, 0.4) is 0 Å². The number of benzene rings is 1. The maximum absolute atomic E-state index is 12.1. The molecular formula is C21H29ClO4S. The molecule has 0 aromatic heterocycles. The summed E-state index contributed by atoms with van der Waals surface area (Å²) in [5, 5.41) is 0.667. The van der Waals surface area contributed by atoms with Crippen LogP contribution in [0.5, 0.6) is 0 Å². The fourth-order valence-electron chi connectivity index (χ4n) is 3.47. The Morgan fingerprint density at radius 1 is 1.22 bits per heavy atom. The molecule has 0 aliphatic heterocycles. The Morgan fingerprint density at radius 2 is 1.96 bits per heavy atom. The number of thioether (sulfide) groups is 1. The maximum atomic E-state index is 12.1. The minimum Gasteiger partial charge on any atom is -0.460 e. The summed E-state index contributed by atoms with van der Waals surface area (Å²) in [6.45, 7) is 6.20. The van der Waals surface area contributed by atoms with Gasteiger partial charge in [-0.25, -0.2) is 4.79 Å². The zero-order valence-corrected chi connectivity index (χ0v) is 17.9. The Bertz CT molecular complexity index is 634. The third-order valence-electron chi connectivity index (χ3n) is 5.00. The third-order valence-corrected chi connectivity index (χ3v) is 6.51. The highest BCUT2D eigenvalue weighted by Gasteiger charge is 2.33. The van der Waals surface area contributed by atoms with Crippen LogP contribution >= 0.6 is 23.4 Å². The molecule has 4 nitrogen and oxygen atoms in total. The van der Waals surface area contributed by atoms with E-state index in [-0.39, 0.29) is 19.1 Å². The van der Waals surface area contributed by atoms with E-state index < -0.39 is 11.9 Å². The number of rotatable bonds is 8. The van der Waals surface area contributed by atoms with Crippen molar-refractivity contribution < 1.29 is 19.1 Å². The molecule has 1 aromatic rings. The van der Waals surface area contributed by atoms with Crippen molar-refractivity contribution in [1.82, 2.24) is 0 Å². The van der Waals surface area contributed by atoms with Crippen molar-refractivity contribution in [2.45, 2.75) is 57.5 Å². The molecule has 0 radical (unpaired) electrons. The van der Waals surface area contributed by atoms with Crippen molar-refractivity contribution in [3.63, 3.8) is 0 Å². The number of carbonyl (C=O) groups excluding carboxylic acids is 2. The summed E-state index contributed by atoms with van der Waals surface area (Å²) in [5.74, 6) is 1.11. The van der Waals surface area contributed by atoms with Crippen molar-refractivity contribution in [3.05, 3.63) is 29.3 Å². The number of hydrogen-bond donors (Lipinski definition) is 0. The quantitative estimate of drug-likeness (QED) is 0.424. The first-order chi connectivity index (χ1) is 12.9. The molecule has 0 heterocycles. The Balaban J connectivity index is 1.69. The predicted molar refractivity (Wildman–Crippen MR) is 109 cm³/mol. The summed E-state index contributed by atoms with van der Waals surface area (Å²) in [6.07, 6.45) is 3.29. The second kappa shape index (κ2) is 11.0. The van der Waals surface area contributed by atoms with Gasteiger partial charge in [-0.2, -0.15) is 0 Å². The molecule has 1 saturated carbocycles. The van der Waals surface area contributed by atoms with Crippen LogP contribution < -0.4 is 0 Å². The molecule has 0 amide bonds. The molecule has 1 fully saturated rings. The van der Waals surface area contributed by atoms with E-state index in [1.807, 2.05) is 24.3 Å². The van der Waals surface area contributed by atoms with E-state index in [1.54, 1.807) is 0 Å². The van der Waals surface area contributed by atoms with Crippen molar-refractivity contribution in [2.24, 2.45) is 17.8 Å². The van der Waals surface area contributed by atoms with Gasteiger partial charge in [0.05, 0.1) is 11.4 Å². The molecule has 0 N–H and O–H groups in total. The molecule has 2 rings (SSSR count). The van der Waals surface area contributed by atoms with Gasteiger partial charge < -0.3 is 9.47 Å². The second-order valence-corrected chi connectivity index (χ2v) is 9.09. The van der Waals surface area contributed by atoms with Crippen molar-refractivity contribution in [2.75, 3.05) is 12.4 Å². The highest BCUT2D eigenvalue weighted by molar-refractivity contribution is 7.99. The predicted octanol–water partition coefficient (Wildman–Crippen LogP) is 5.37. The van der Waals surface area contributed by atoms with Gasteiger partial charge in [-0.3, -0.25) is 4.79 Å². The molecule has 6 heteroatoms. The zero-order chi connectivity index (χ0) is 19.8. The van der Waals surface area contributed by atoms with E-state index in [9.17, 15) is 9.59 Å². The second-order valence-electron chi connectivity index (χ2n) is 7.54. The van der Waals surface area contributed by atoms with Gasteiger partial charge in [0, 0.05) is 10.6 Å². The van der Waals surface area contributed by atoms with Gasteiger partial charge in [0.15, 0.2) is 6.61 Å². The van der Waals surface area contributed by atoms with Crippen LogP contribution in [-0.4, -0.2) is 30.4 Å². The number of hydrogen-bond acceptors (Lipinski definition) is 5. The molecule has 1 aliphatic carbocycles. The van der Waals surface area contributed by atoms with E-state index in [4.69, 9.17) is 21.1 Å². The molecule has 27 heavy (non-hydrogen) atoms. The summed E-state index contributed by atoms with van der Waals surface area (Å²) < 4.78 is 10.7. The van der Waals surface area contributed by atoms with Gasteiger partial charge in [-0.1, -0.05) is 50.9 Å². The summed E-state index contributed by atoms with van der Waals surface area (Å²) >= 11 is 7.57. The number of carbonyl (C=O) groups is 2. The van der Waals surface area contributed by atoms with Crippen molar-refractivity contribution >= 4 is 35.3 Å². The van der Waals surface area contributed by atoms with Crippen LogP contribution in [0.4, 0.5) is 0 Å². The molecule has 150 valence electrons. The lowest BCUT2D eigenvalue weighted by molar-refractivity contribution is -0.167. The van der Waals surface area contributed by atoms with Gasteiger partial charge in [-0.05, 0) is 42.7 Å². The smallest absolute Gasteiger partial charge is 0.344 e. The molecule has 3 atom stereocenters. The Hall–Kier alpha value is -1.20. The molecule has 0 spiro atoms. The van der Waals surface area contributed by atoms with Crippen LogP contribution in [0.2, 0.25) is 5.02 Å². The molecule has 3 unspecified atom stereocenters. The number of halogens is 1. The molecule has 1 aromatic carbocycles. The van der Waals surface area contributed by atoms with Crippen molar-refractivity contribution in [1.29, 1.82) is 0 Å². The SMILES string of the molecule is CC1CCC(C(C)C)C(OC(=O)COC(=O)CCSc2ccccc2Cl)C1. The van der Waals surface area contributed by atoms with Crippen LogP contribution in [0, 0.1) is 17.8 Å². The fourth-order valence-corrected chi connectivity index (χ4v) is 4.64. The van der Waals surface area contributed by atoms with Gasteiger partial charge in [-0.15, -0.1) is 11.8 Å². The fraction of sp³-hybridized carbons (Fsp3) is 0.619. The lowest BCUT2D eigenvalue weighted by Gasteiger charge is -2.36. The lowest BCUT2D eigenvalue weighted by atomic mass is 9.75. The largest absolute Gasteiger partial charge is 0.460 e. The van der Waals surface area contributed by atoms with Crippen LogP contribution in [-0.2, 0) is 19.1 Å². The normalized spacial score (nSPS) is 22.5. The summed E-state index contributed by atoms with van der Waals surface area (Å²) in [5.41, 5.74) is 0. The average Bonchev–Trinajstić information content (AvgIpc) is 2.61. The van der Waals surface area contributed by atoms with Gasteiger partial charge in [0.25, 0.3) is 0 Å². The van der Waals surface area contributed by atoms with Crippen LogP contribution in [0.25, 0.3) is 0 Å². The topological polar surface area (TPSA) is 52.6 Å². The monoisotopic (exact) mass is 412 g/mol. The van der Waals surface area contributed by atoms with E-state index >= 15 is 0 Å². The zero-order valence-electron chi connectivity index (χ0n) is 16.3. The maximum Gasteiger partial charge on any atom is 0.344 e. The first-order valence-electron chi connectivity index (χ1n) is 9.59. The average molecular weight is 413 g/mol. The van der Waals surface area contributed by atoms with E-state index in [1.165, 1.54) is 18.2 Å². The van der Waals surface area contributed by atoms with Crippen LogP contribution in [0.1, 0.15) is 46.5 Å². The van der Waals surface area contributed by atoms with Crippen molar-refractivity contribution in [3.8, 4) is 0 Å². The molecule has 0 saturated heterocycles. The van der Waals surface area contributed by atoms with E-state index in [0.29, 0.717) is 28.5 Å². The summed E-state index contributed by atoms with van der Waals surface area (Å²) in [7, 11) is 0. The lowest BCUT2D eigenvalue weighted by Crippen LogP contribution is -2.36. The first-order valence-corrected chi connectivity index (χ1v) is 11.0. The molecular weight excluding hydrogens is 384 g/mol. The Labute approximate surface area is 171 Å². The molecule has 0 bridgehead atoms. The summed E-state index contributed by atoms with van der Waals surface area (Å²) in [6, 6.07) is 7.49. The van der Waals surface area contributed by atoms with Gasteiger partial charge in [0.2, 0.25) is 0 Å². The number of ether oxygens (including phenoxy) is 2. The van der Waals surface area contributed by atoms with Gasteiger partial charge in [0.1, 0.15) is 6.10 Å². The van der Waals surface area contributed by atoms with Gasteiger partial charge >= 0.3 is 11.9 Å². The highest BCUT2D eigenvalue weighted by Crippen LogP contribution is 2.35. The van der Waals surface area contributed by atoms with E-state index in [2.05, 4.69) is 20.8 Å². The molecule has 1 aliphatic rings. The number of esters is 2. The first kappa shape index (κ1) is 22.1. The third kappa shape index (κ3) is 7.38. The standard InChI is InChI=1S/C21H29ClO4S/c1-14(2)16-9-8-15(3)12-18(16)26-21(24)13-25-20(23)10-11-27-19-7-5-4-6-17(19)22/h4-7,14-16,18H,8-13H2,1-3H3. The minimum atomic E-state index is -0.452. The van der Waals surface area contributed by atoms with Crippen LogP contribution in [0.15, 0.2) is 29.2 Å². The van der Waals surface area contributed by atoms with E-state index in [0.717, 1.165) is 17.7 Å². The Morgan fingerprint density at radius 3 is 2.67 bits per heavy atom. The minimum absolute atomic E-state index is 0.0734. The summed E-state index contributed by atoms with van der Waals surface area (Å²) in [4.78, 5) is 24.9.